The topological polar surface area (TPSA) is 73.2 Å². The summed E-state index contributed by atoms with van der Waals surface area (Å²) in [6, 6.07) is 5.58. The third kappa shape index (κ3) is 4.70. The van der Waals surface area contributed by atoms with Gasteiger partial charge in [0.1, 0.15) is 23.8 Å². The van der Waals surface area contributed by atoms with Crippen LogP contribution in [0.25, 0.3) is 0 Å². The van der Waals surface area contributed by atoms with Gasteiger partial charge in [0.25, 0.3) is 0 Å². The van der Waals surface area contributed by atoms with Crippen LogP contribution in [0.3, 0.4) is 0 Å². The van der Waals surface area contributed by atoms with E-state index in [0.717, 1.165) is 32.1 Å². The molecule has 2 fully saturated rings. The molecule has 1 heterocycles. The second-order valence-electron chi connectivity index (χ2n) is 7.65. The summed E-state index contributed by atoms with van der Waals surface area (Å²) in [5, 5.41) is 31.9. The van der Waals surface area contributed by atoms with E-state index in [1.165, 1.54) is 24.3 Å². The van der Waals surface area contributed by atoms with Gasteiger partial charge in [-0.3, -0.25) is 4.90 Å². The number of nitrogens with zero attached hydrogens (tertiary/aromatic N) is 1. The molecule has 0 amide bonds. The van der Waals surface area contributed by atoms with Crippen molar-refractivity contribution in [2.45, 2.75) is 55.8 Å². The van der Waals surface area contributed by atoms with E-state index >= 15 is 0 Å². The summed E-state index contributed by atoms with van der Waals surface area (Å²) in [7, 11) is 0. The van der Waals surface area contributed by atoms with Crippen molar-refractivity contribution in [1.29, 1.82) is 0 Å². The molecule has 140 valence electrons. The first-order chi connectivity index (χ1) is 11.9. The number of hydrogen-bond donors (Lipinski definition) is 3. The van der Waals surface area contributed by atoms with Crippen LogP contribution in [-0.2, 0) is 0 Å². The number of halogens is 1. The minimum absolute atomic E-state index is 0.0747. The average Bonchev–Trinajstić information content (AvgIpc) is 2.58. The summed E-state index contributed by atoms with van der Waals surface area (Å²) in [5.41, 5.74) is -2.10. The lowest BCUT2D eigenvalue weighted by Gasteiger charge is -2.45. The molecule has 5 nitrogen and oxygen atoms in total. The van der Waals surface area contributed by atoms with Gasteiger partial charge in [-0.1, -0.05) is 19.3 Å². The zero-order valence-corrected chi connectivity index (χ0v) is 14.5. The van der Waals surface area contributed by atoms with E-state index in [2.05, 4.69) is 0 Å². The highest BCUT2D eigenvalue weighted by molar-refractivity contribution is 5.22. The fourth-order valence-electron chi connectivity index (χ4n) is 3.95. The van der Waals surface area contributed by atoms with Crippen molar-refractivity contribution in [3.05, 3.63) is 30.1 Å². The number of aliphatic hydroxyl groups excluding tert-OH is 1. The quantitative estimate of drug-likeness (QED) is 0.751. The van der Waals surface area contributed by atoms with Crippen LogP contribution in [0.4, 0.5) is 4.39 Å². The first-order valence-electron chi connectivity index (χ1n) is 9.12. The molecule has 1 saturated carbocycles. The van der Waals surface area contributed by atoms with Gasteiger partial charge in [0, 0.05) is 19.6 Å². The number of rotatable bonds is 5. The maximum atomic E-state index is 13.0. The summed E-state index contributed by atoms with van der Waals surface area (Å²) in [6.45, 7) is 1.33. The first kappa shape index (κ1) is 18.6. The van der Waals surface area contributed by atoms with E-state index in [1.54, 1.807) is 0 Å². The molecule has 25 heavy (non-hydrogen) atoms. The Morgan fingerprint density at radius 2 is 1.80 bits per heavy atom. The molecular weight excluding hydrogens is 325 g/mol. The molecule has 1 aliphatic heterocycles. The lowest BCUT2D eigenvalue weighted by Crippen LogP contribution is -2.62. The summed E-state index contributed by atoms with van der Waals surface area (Å²) in [6.07, 6.45) is 4.35. The zero-order valence-electron chi connectivity index (χ0n) is 14.5. The van der Waals surface area contributed by atoms with E-state index in [4.69, 9.17) is 4.74 Å². The Bertz CT molecular complexity index is 561. The number of hydrogen-bond acceptors (Lipinski definition) is 5. The van der Waals surface area contributed by atoms with Crippen LogP contribution >= 0.6 is 0 Å². The second-order valence-corrected chi connectivity index (χ2v) is 7.65. The Labute approximate surface area is 148 Å². The van der Waals surface area contributed by atoms with Gasteiger partial charge in [-0.05, 0) is 43.5 Å². The minimum atomic E-state index is -1.41. The highest BCUT2D eigenvalue weighted by Crippen LogP contribution is 2.31. The van der Waals surface area contributed by atoms with E-state index < -0.39 is 17.3 Å². The Balaban J connectivity index is 1.59. The molecular formula is C19H28FNO4. The van der Waals surface area contributed by atoms with E-state index in [-0.39, 0.29) is 19.0 Å². The number of piperidine rings is 1. The minimum Gasteiger partial charge on any atom is -0.490 e. The predicted octanol–water partition coefficient (Wildman–Crippen LogP) is 1.70. The number of benzene rings is 1. The Morgan fingerprint density at radius 3 is 2.48 bits per heavy atom. The van der Waals surface area contributed by atoms with E-state index in [0.29, 0.717) is 25.3 Å². The Kier molecular flexibility index (Phi) is 5.63. The summed E-state index contributed by atoms with van der Waals surface area (Å²) in [5.74, 6) is 0.0979. The van der Waals surface area contributed by atoms with Gasteiger partial charge in [-0.2, -0.15) is 0 Å². The molecule has 6 heteroatoms. The summed E-state index contributed by atoms with van der Waals surface area (Å²) < 4.78 is 18.5. The monoisotopic (exact) mass is 353 g/mol. The molecule has 2 aliphatic rings. The Hall–Kier alpha value is -1.21. The van der Waals surface area contributed by atoms with Gasteiger partial charge in [0.05, 0.1) is 11.7 Å². The van der Waals surface area contributed by atoms with Crippen LogP contribution < -0.4 is 4.74 Å². The number of β-amino-alcohol motifs (C(OH)–C–C–N with tert-alkyl or cyclic N) is 2. The molecule has 0 bridgehead atoms. The maximum Gasteiger partial charge on any atom is 0.137 e. The van der Waals surface area contributed by atoms with Crippen LogP contribution in [0.15, 0.2) is 24.3 Å². The third-order valence-electron chi connectivity index (χ3n) is 5.44. The molecule has 2 atom stereocenters. The first-order valence-corrected chi connectivity index (χ1v) is 9.12. The highest BCUT2D eigenvalue weighted by atomic mass is 19.1. The standard InChI is InChI=1S/C19H28FNO4/c20-15-4-6-16(7-5-15)25-14-19(24)13-21(11-8-17(19)22)12-18(23)9-2-1-3-10-18/h4-7,17,22-24H,1-3,8-14H2/t17-,19-/m0/s1. The molecule has 3 N–H and O–H groups in total. The second kappa shape index (κ2) is 7.58. The van der Waals surface area contributed by atoms with Gasteiger partial charge in [0.15, 0.2) is 0 Å². The van der Waals surface area contributed by atoms with Crippen LogP contribution in [0.2, 0.25) is 0 Å². The van der Waals surface area contributed by atoms with Gasteiger partial charge < -0.3 is 20.1 Å². The zero-order chi connectivity index (χ0) is 17.9. The summed E-state index contributed by atoms with van der Waals surface area (Å²) in [4.78, 5) is 2.02. The SMILES string of the molecule is O[C@H]1CCN(CC2(O)CCCCC2)C[C@]1(O)COc1ccc(F)cc1. The lowest BCUT2D eigenvalue weighted by atomic mass is 9.83. The lowest BCUT2D eigenvalue weighted by molar-refractivity contribution is -0.149. The average molecular weight is 353 g/mol. The molecule has 0 aromatic heterocycles. The predicted molar refractivity (Wildman–Crippen MR) is 91.9 cm³/mol. The van der Waals surface area contributed by atoms with Crippen molar-refractivity contribution in [2.24, 2.45) is 0 Å². The molecule has 0 unspecified atom stereocenters. The van der Waals surface area contributed by atoms with Crippen LogP contribution in [0.5, 0.6) is 5.75 Å². The van der Waals surface area contributed by atoms with Gasteiger partial charge in [-0.15, -0.1) is 0 Å². The number of ether oxygens (including phenoxy) is 1. The van der Waals surface area contributed by atoms with Gasteiger partial charge >= 0.3 is 0 Å². The number of likely N-dealkylation sites (tertiary alicyclic amines) is 1. The maximum absolute atomic E-state index is 13.0. The molecule has 1 saturated heterocycles. The van der Waals surface area contributed by atoms with Crippen LogP contribution in [0, 0.1) is 5.82 Å². The number of aliphatic hydroxyl groups is 3. The highest BCUT2D eigenvalue weighted by Gasteiger charge is 2.44. The van der Waals surface area contributed by atoms with Crippen molar-refractivity contribution < 1.29 is 24.4 Å². The third-order valence-corrected chi connectivity index (χ3v) is 5.44. The molecule has 0 radical (unpaired) electrons. The van der Waals surface area contributed by atoms with E-state index in [9.17, 15) is 19.7 Å². The molecule has 1 aliphatic carbocycles. The van der Waals surface area contributed by atoms with Crippen LogP contribution in [0.1, 0.15) is 38.5 Å². The van der Waals surface area contributed by atoms with Crippen molar-refractivity contribution in [3.63, 3.8) is 0 Å². The van der Waals surface area contributed by atoms with Crippen molar-refractivity contribution >= 4 is 0 Å². The largest absolute Gasteiger partial charge is 0.490 e. The fraction of sp³-hybridized carbons (Fsp3) is 0.684. The molecule has 3 rings (SSSR count). The van der Waals surface area contributed by atoms with E-state index in [1.807, 2.05) is 4.90 Å². The molecule has 1 aromatic carbocycles. The smallest absolute Gasteiger partial charge is 0.137 e. The van der Waals surface area contributed by atoms with Gasteiger partial charge in [0.2, 0.25) is 0 Å². The summed E-state index contributed by atoms with van der Waals surface area (Å²) >= 11 is 0. The fourth-order valence-corrected chi connectivity index (χ4v) is 3.95. The van der Waals surface area contributed by atoms with Crippen molar-refractivity contribution in [3.8, 4) is 5.75 Å². The Morgan fingerprint density at radius 1 is 1.12 bits per heavy atom. The molecule has 1 aromatic rings. The molecule has 0 spiro atoms. The van der Waals surface area contributed by atoms with Crippen LogP contribution in [-0.4, -0.2) is 63.8 Å². The van der Waals surface area contributed by atoms with Crippen molar-refractivity contribution in [1.82, 2.24) is 4.90 Å². The van der Waals surface area contributed by atoms with Gasteiger partial charge in [-0.25, -0.2) is 4.39 Å². The normalized spacial score (nSPS) is 30.2. The van der Waals surface area contributed by atoms with Crippen molar-refractivity contribution in [2.75, 3.05) is 26.2 Å².